The molecular weight excluding hydrogens is 564 g/mol. The van der Waals surface area contributed by atoms with Crippen molar-refractivity contribution in [2.45, 2.75) is 109 Å². The van der Waals surface area contributed by atoms with Crippen molar-refractivity contribution < 1.29 is 28.2 Å². The number of rotatable bonds is 9. The van der Waals surface area contributed by atoms with Crippen molar-refractivity contribution in [2.24, 2.45) is 5.92 Å². The number of amides is 2. The zero-order chi connectivity index (χ0) is 32.3. The molecule has 1 saturated heterocycles. The van der Waals surface area contributed by atoms with Crippen LogP contribution in [-0.2, 0) is 26.9 Å². The van der Waals surface area contributed by atoms with Crippen molar-refractivity contribution in [1.29, 1.82) is 0 Å². The molecule has 0 bridgehead atoms. The van der Waals surface area contributed by atoms with Crippen LogP contribution < -0.4 is 10.6 Å². The second-order valence-electron chi connectivity index (χ2n) is 14.6. The van der Waals surface area contributed by atoms with E-state index in [0.717, 1.165) is 38.2 Å². The second kappa shape index (κ2) is 13.5. The Kier molecular flexibility index (Phi) is 10.4. The fourth-order valence-electron chi connectivity index (χ4n) is 6.13. The zero-order valence-electron chi connectivity index (χ0n) is 27.0. The molecule has 44 heavy (non-hydrogen) atoms. The first-order chi connectivity index (χ1) is 20.5. The number of halogens is 2. The number of hydrogen-bond donors (Lipinski definition) is 3. The Balaban J connectivity index is 1.49. The normalized spacial score (nSPS) is 18.7. The molecule has 3 N–H and O–H groups in total. The molecule has 9 heteroatoms. The molecule has 1 heterocycles. The summed E-state index contributed by atoms with van der Waals surface area (Å²) in [6, 6.07) is 11.1. The molecule has 2 aliphatic rings. The van der Waals surface area contributed by atoms with Crippen LogP contribution in [0.1, 0.15) is 90.3 Å². The molecule has 0 spiro atoms. The summed E-state index contributed by atoms with van der Waals surface area (Å²) in [5.41, 5.74) is 1.77. The summed E-state index contributed by atoms with van der Waals surface area (Å²) in [6.45, 7) is 12.5. The number of aliphatic hydroxyl groups is 1. The largest absolute Gasteiger partial charge is 0.444 e. The third-order valence-corrected chi connectivity index (χ3v) is 8.71. The lowest BCUT2D eigenvalue weighted by atomic mass is 9.74. The van der Waals surface area contributed by atoms with Crippen molar-refractivity contribution in [3.05, 3.63) is 70.8 Å². The van der Waals surface area contributed by atoms with Gasteiger partial charge in [-0.05, 0) is 74.3 Å². The molecule has 4 rings (SSSR count). The summed E-state index contributed by atoms with van der Waals surface area (Å²) in [5, 5.41) is 18.1. The van der Waals surface area contributed by atoms with E-state index in [1.165, 1.54) is 28.2 Å². The number of ether oxygens (including phenoxy) is 1. The third kappa shape index (κ3) is 8.78. The number of likely N-dealkylation sites (tertiary alicyclic amines) is 1. The van der Waals surface area contributed by atoms with Crippen LogP contribution in [-0.4, -0.2) is 59.4 Å². The minimum atomic E-state index is -1.04. The lowest BCUT2D eigenvalue weighted by Crippen LogP contribution is -2.60. The van der Waals surface area contributed by atoms with Crippen molar-refractivity contribution in [3.8, 4) is 0 Å². The SMILES string of the molecule is CC(C)(C)OC(=O)N1CC(C(=O)NC(Cc2cc(F)cc(F)c2)C(O)CNC2(c3cccc(C(C)(C)C)c3)CCCCC2)C1. The van der Waals surface area contributed by atoms with Gasteiger partial charge in [-0.15, -0.1) is 0 Å². The zero-order valence-corrected chi connectivity index (χ0v) is 27.0. The van der Waals surface area contributed by atoms with E-state index in [-0.39, 0.29) is 42.9 Å². The highest BCUT2D eigenvalue weighted by Crippen LogP contribution is 2.38. The van der Waals surface area contributed by atoms with Gasteiger partial charge >= 0.3 is 6.09 Å². The van der Waals surface area contributed by atoms with E-state index < -0.39 is 41.4 Å². The minimum absolute atomic E-state index is 0.0123. The van der Waals surface area contributed by atoms with Crippen LogP contribution in [0.3, 0.4) is 0 Å². The van der Waals surface area contributed by atoms with Crippen molar-refractivity contribution >= 4 is 12.0 Å². The van der Waals surface area contributed by atoms with Crippen LogP contribution in [0.5, 0.6) is 0 Å². The van der Waals surface area contributed by atoms with E-state index in [0.29, 0.717) is 5.56 Å². The molecule has 2 aromatic rings. The van der Waals surface area contributed by atoms with E-state index in [2.05, 4.69) is 55.7 Å². The van der Waals surface area contributed by atoms with E-state index in [9.17, 15) is 23.5 Å². The van der Waals surface area contributed by atoms with Crippen LogP contribution in [0.25, 0.3) is 0 Å². The Hall–Kier alpha value is -3.04. The summed E-state index contributed by atoms with van der Waals surface area (Å²) < 4.78 is 33.5. The summed E-state index contributed by atoms with van der Waals surface area (Å²) in [7, 11) is 0. The molecule has 0 radical (unpaired) electrons. The number of benzene rings is 2. The number of carbonyl (C=O) groups is 2. The van der Waals surface area contributed by atoms with Crippen LogP contribution in [0.4, 0.5) is 13.6 Å². The minimum Gasteiger partial charge on any atom is -0.444 e. The number of hydrogen-bond acceptors (Lipinski definition) is 5. The molecule has 2 atom stereocenters. The Labute approximate surface area is 260 Å². The maximum Gasteiger partial charge on any atom is 0.410 e. The third-order valence-electron chi connectivity index (χ3n) is 8.71. The van der Waals surface area contributed by atoms with E-state index in [1.807, 2.05) is 0 Å². The summed E-state index contributed by atoms with van der Waals surface area (Å²) in [6.07, 6.45) is 3.62. The Morgan fingerprint density at radius 1 is 1.00 bits per heavy atom. The molecular formula is C35H49F2N3O4. The van der Waals surface area contributed by atoms with Gasteiger partial charge in [-0.3, -0.25) is 4.79 Å². The Morgan fingerprint density at radius 3 is 2.23 bits per heavy atom. The van der Waals surface area contributed by atoms with Gasteiger partial charge in [-0.25, -0.2) is 13.6 Å². The molecule has 1 saturated carbocycles. The van der Waals surface area contributed by atoms with Gasteiger partial charge in [0.25, 0.3) is 0 Å². The molecule has 2 fully saturated rings. The Bertz CT molecular complexity index is 1290. The van der Waals surface area contributed by atoms with Gasteiger partial charge in [0.2, 0.25) is 5.91 Å². The fraction of sp³-hybridized carbons (Fsp3) is 0.600. The molecule has 2 unspecified atom stereocenters. The standard InChI is InChI=1S/C35H49F2N3O4/c1-33(2,3)25-11-10-12-26(18-25)35(13-8-7-9-14-35)38-20-30(41)29(17-23-15-27(36)19-28(37)16-23)39-31(42)24-21-40(22-24)32(43)44-34(4,5)6/h10-12,15-16,18-19,24,29-30,38,41H,7-9,13-14,17,20-22H2,1-6H3,(H,39,42). The Morgan fingerprint density at radius 2 is 1.64 bits per heavy atom. The monoisotopic (exact) mass is 613 g/mol. The smallest absolute Gasteiger partial charge is 0.410 e. The number of nitrogens with one attached hydrogen (secondary N) is 2. The van der Waals surface area contributed by atoms with Gasteiger partial charge in [-0.2, -0.15) is 0 Å². The van der Waals surface area contributed by atoms with Crippen molar-refractivity contribution in [3.63, 3.8) is 0 Å². The van der Waals surface area contributed by atoms with E-state index >= 15 is 0 Å². The van der Waals surface area contributed by atoms with Crippen LogP contribution in [0, 0.1) is 17.6 Å². The lowest BCUT2D eigenvalue weighted by Gasteiger charge is -2.41. The van der Waals surface area contributed by atoms with Crippen LogP contribution >= 0.6 is 0 Å². The predicted molar refractivity (Wildman–Crippen MR) is 167 cm³/mol. The first-order valence-electron chi connectivity index (χ1n) is 15.8. The highest BCUT2D eigenvalue weighted by atomic mass is 19.1. The summed E-state index contributed by atoms with van der Waals surface area (Å²) >= 11 is 0. The average Bonchev–Trinajstić information content (AvgIpc) is 2.89. The highest BCUT2D eigenvalue weighted by Gasteiger charge is 2.40. The molecule has 1 aliphatic carbocycles. The maximum atomic E-state index is 14.1. The van der Waals surface area contributed by atoms with Gasteiger partial charge in [-0.1, -0.05) is 64.3 Å². The van der Waals surface area contributed by atoms with Gasteiger partial charge in [0.1, 0.15) is 17.2 Å². The van der Waals surface area contributed by atoms with E-state index in [1.54, 1.807) is 20.8 Å². The topological polar surface area (TPSA) is 90.9 Å². The van der Waals surface area contributed by atoms with Gasteiger partial charge in [0, 0.05) is 31.2 Å². The quantitative estimate of drug-likeness (QED) is 0.325. The molecule has 242 valence electrons. The lowest BCUT2D eigenvalue weighted by molar-refractivity contribution is -0.131. The average molecular weight is 614 g/mol. The molecule has 1 aliphatic heterocycles. The second-order valence-corrected chi connectivity index (χ2v) is 14.6. The molecule has 2 aromatic carbocycles. The number of nitrogens with zero attached hydrogens (tertiary/aromatic N) is 1. The molecule has 7 nitrogen and oxygen atoms in total. The maximum absolute atomic E-state index is 14.1. The summed E-state index contributed by atoms with van der Waals surface area (Å²) in [5.74, 6) is -2.23. The number of aliphatic hydroxyl groups excluding tert-OH is 1. The summed E-state index contributed by atoms with van der Waals surface area (Å²) in [4.78, 5) is 27.1. The first kappa shape index (κ1) is 33.8. The predicted octanol–water partition coefficient (Wildman–Crippen LogP) is 5.97. The molecule has 2 amide bonds. The van der Waals surface area contributed by atoms with Gasteiger partial charge in [0.15, 0.2) is 0 Å². The van der Waals surface area contributed by atoms with Gasteiger partial charge < -0.3 is 25.4 Å². The van der Waals surface area contributed by atoms with E-state index in [4.69, 9.17) is 4.74 Å². The highest BCUT2D eigenvalue weighted by molar-refractivity contribution is 5.83. The van der Waals surface area contributed by atoms with Gasteiger partial charge in [0.05, 0.1) is 18.1 Å². The van der Waals surface area contributed by atoms with Crippen molar-refractivity contribution in [2.75, 3.05) is 19.6 Å². The van der Waals surface area contributed by atoms with Crippen molar-refractivity contribution in [1.82, 2.24) is 15.5 Å². The van der Waals surface area contributed by atoms with Crippen LogP contribution in [0.2, 0.25) is 0 Å². The fourth-order valence-corrected chi connectivity index (χ4v) is 6.13. The van der Waals surface area contributed by atoms with Crippen LogP contribution in [0.15, 0.2) is 42.5 Å². The molecule has 0 aromatic heterocycles. The number of carbonyl (C=O) groups excluding carboxylic acids is 2. The first-order valence-corrected chi connectivity index (χ1v) is 15.8.